The minimum absolute atomic E-state index is 0.0731. The number of piperazine rings is 1. The number of hydrogen-bond acceptors (Lipinski definition) is 4. The van der Waals surface area contributed by atoms with E-state index in [2.05, 4.69) is 4.98 Å². The van der Waals surface area contributed by atoms with Gasteiger partial charge in [0.1, 0.15) is 17.1 Å². The van der Waals surface area contributed by atoms with Crippen LogP contribution in [-0.2, 0) is 4.79 Å². The third-order valence-corrected chi connectivity index (χ3v) is 3.44. The lowest BCUT2D eigenvalue weighted by Gasteiger charge is -2.44. The van der Waals surface area contributed by atoms with Crippen molar-refractivity contribution in [2.24, 2.45) is 0 Å². The van der Waals surface area contributed by atoms with E-state index in [9.17, 15) is 9.59 Å². The van der Waals surface area contributed by atoms with Gasteiger partial charge in [-0.25, -0.2) is 4.98 Å². The molecule has 0 saturated carbocycles. The van der Waals surface area contributed by atoms with Crippen molar-refractivity contribution in [3.05, 3.63) is 23.9 Å². The monoisotopic (exact) mass is 262 g/mol. The van der Waals surface area contributed by atoms with E-state index in [1.54, 1.807) is 48.9 Å². The Labute approximate surface area is 112 Å². The Balaban J connectivity index is 2.31. The van der Waals surface area contributed by atoms with Crippen LogP contribution in [0.1, 0.15) is 24.3 Å². The summed E-state index contributed by atoms with van der Waals surface area (Å²) in [6.45, 7) is 4.51. The number of hydrogen-bond donors (Lipinski definition) is 1. The van der Waals surface area contributed by atoms with Gasteiger partial charge in [0, 0.05) is 20.1 Å². The number of rotatable bonds is 1. The summed E-state index contributed by atoms with van der Waals surface area (Å²) in [5, 5.41) is 0. The van der Waals surface area contributed by atoms with E-state index in [1.807, 2.05) is 0 Å². The molecule has 1 aliphatic heterocycles. The van der Waals surface area contributed by atoms with E-state index in [0.29, 0.717) is 18.9 Å². The van der Waals surface area contributed by atoms with Crippen LogP contribution < -0.4 is 5.73 Å². The zero-order chi connectivity index (χ0) is 14.2. The van der Waals surface area contributed by atoms with Crippen LogP contribution >= 0.6 is 0 Å². The van der Waals surface area contributed by atoms with Crippen molar-refractivity contribution in [3.8, 4) is 0 Å². The van der Waals surface area contributed by atoms with Gasteiger partial charge in [-0.15, -0.1) is 0 Å². The van der Waals surface area contributed by atoms with Gasteiger partial charge in [-0.1, -0.05) is 6.07 Å². The summed E-state index contributed by atoms with van der Waals surface area (Å²) >= 11 is 0. The molecule has 2 rings (SSSR count). The van der Waals surface area contributed by atoms with Crippen LogP contribution in [0.15, 0.2) is 18.2 Å². The molecule has 1 saturated heterocycles. The number of carbonyl (C=O) groups is 2. The molecule has 1 aliphatic rings. The van der Waals surface area contributed by atoms with Crippen molar-refractivity contribution < 1.29 is 9.59 Å². The van der Waals surface area contributed by atoms with Crippen LogP contribution in [0.4, 0.5) is 5.82 Å². The van der Waals surface area contributed by atoms with Crippen LogP contribution in [0, 0.1) is 0 Å². The molecule has 0 radical (unpaired) electrons. The van der Waals surface area contributed by atoms with Crippen LogP contribution in [0.5, 0.6) is 0 Å². The second-order valence-corrected chi connectivity index (χ2v) is 5.19. The molecule has 1 aromatic heterocycles. The number of nitrogens with zero attached hydrogens (tertiary/aromatic N) is 3. The molecule has 0 spiro atoms. The molecule has 2 N–H and O–H groups in total. The second-order valence-electron chi connectivity index (χ2n) is 5.19. The maximum Gasteiger partial charge on any atom is 0.273 e. The van der Waals surface area contributed by atoms with Crippen molar-refractivity contribution in [2.45, 2.75) is 19.4 Å². The summed E-state index contributed by atoms with van der Waals surface area (Å²) in [5.41, 5.74) is 4.99. The summed E-state index contributed by atoms with van der Waals surface area (Å²) in [4.78, 5) is 31.8. The molecular formula is C13H18N4O2. The van der Waals surface area contributed by atoms with Crippen molar-refractivity contribution >= 4 is 17.6 Å². The minimum Gasteiger partial charge on any atom is -0.384 e. The smallest absolute Gasteiger partial charge is 0.273 e. The average Bonchev–Trinajstić information content (AvgIpc) is 2.35. The molecule has 0 aliphatic carbocycles. The van der Waals surface area contributed by atoms with E-state index in [1.165, 1.54) is 0 Å². The quantitative estimate of drug-likeness (QED) is 0.792. The lowest BCUT2D eigenvalue weighted by Crippen LogP contribution is -2.63. The topological polar surface area (TPSA) is 79.5 Å². The first-order valence-electron chi connectivity index (χ1n) is 6.14. The Morgan fingerprint density at radius 2 is 2.05 bits per heavy atom. The standard InChI is InChI=1S/C13H18N4O2/c1-13(2)12(19)16(3)7-8-17(13)11(18)9-5-4-6-10(14)15-9/h4-6H,7-8H2,1-3H3,(H2,14,15). The van der Waals surface area contributed by atoms with Crippen molar-refractivity contribution in [3.63, 3.8) is 0 Å². The van der Waals surface area contributed by atoms with Gasteiger partial charge in [0.05, 0.1) is 0 Å². The molecule has 1 fully saturated rings. The fourth-order valence-corrected chi connectivity index (χ4v) is 2.28. The molecule has 19 heavy (non-hydrogen) atoms. The molecule has 0 aromatic carbocycles. The van der Waals surface area contributed by atoms with Crippen molar-refractivity contribution in [2.75, 3.05) is 25.9 Å². The normalized spacial score (nSPS) is 18.6. The summed E-state index contributed by atoms with van der Waals surface area (Å²) in [7, 11) is 1.74. The Kier molecular flexibility index (Phi) is 3.18. The molecule has 6 heteroatoms. The largest absolute Gasteiger partial charge is 0.384 e. The third-order valence-electron chi connectivity index (χ3n) is 3.44. The lowest BCUT2D eigenvalue weighted by atomic mass is 9.97. The minimum atomic E-state index is -0.865. The van der Waals surface area contributed by atoms with Crippen LogP contribution in [0.25, 0.3) is 0 Å². The zero-order valence-corrected chi connectivity index (χ0v) is 11.4. The van der Waals surface area contributed by atoms with Gasteiger partial charge in [-0.05, 0) is 26.0 Å². The highest BCUT2D eigenvalue weighted by atomic mass is 16.2. The van der Waals surface area contributed by atoms with Crippen LogP contribution in [0.2, 0.25) is 0 Å². The molecule has 2 amide bonds. The van der Waals surface area contributed by atoms with Gasteiger partial charge in [0.15, 0.2) is 0 Å². The maximum absolute atomic E-state index is 12.5. The molecule has 0 bridgehead atoms. The highest BCUT2D eigenvalue weighted by molar-refractivity contribution is 5.98. The predicted octanol–water partition coefficient (Wildman–Crippen LogP) is 0.357. The van der Waals surface area contributed by atoms with Crippen molar-refractivity contribution in [1.29, 1.82) is 0 Å². The maximum atomic E-state index is 12.5. The highest BCUT2D eigenvalue weighted by Crippen LogP contribution is 2.23. The molecular weight excluding hydrogens is 244 g/mol. The fourth-order valence-electron chi connectivity index (χ4n) is 2.28. The Morgan fingerprint density at radius 1 is 1.37 bits per heavy atom. The molecule has 2 heterocycles. The number of nitrogens with two attached hydrogens (primary N) is 1. The van der Waals surface area contributed by atoms with E-state index in [0.717, 1.165) is 0 Å². The van der Waals surface area contributed by atoms with E-state index in [-0.39, 0.29) is 17.5 Å². The Morgan fingerprint density at radius 3 is 2.68 bits per heavy atom. The predicted molar refractivity (Wildman–Crippen MR) is 71.4 cm³/mol. The fraction of sp³-hybridized carbons (Fsp3) is 0.462. The zero-order valence-electron chi connectivity index (χ0n) is 11.4. The van der Waals surface area contributed by atoms with Gasteiger partial charge in [-0.3, -0.25) is 9.59 Å². The average molecular weight is 262 g/mol. The van der Waals surface area contributed by atoms with E-state index >= 15 is 0 Å². The first-order valence-corrected chi connectivity index (χ1v) is 6.14. The SMILES string of the molecule is CN1CCN(C(=O)c2cccc(N)n2)C(C)(C)C1=O. The summed E-state index contributed by atoms with van der Waals surface area (Å²) in [6.07, 6.45) is 0. The lowest BCUT2D eigenvalue weighted by molar-refractivity contribution is -0.144. The number of anilines is 1. The van der Waals surface area contributed by atoms with Gasteiger partial charge in [-0.2, -0.15) is 0 Å². The first kappa shape index (κ1) is 13.3. The van der Waals surface area contributed by atoms with E-state index in [4.69, 9.17) is 5.73 Å². The number of likely N-dealkylation sites (N-methyl/N-ethyl adjacent to an activating group) is 1. The number of pyridine rings is 1. The number of carbonyl (C=O) groups excluding carboxylic acids is 2. The first-order chi connectivity index (χ1) is 8.84. The Bertz CT molecular complexity index is 527. The number of amides is 2. The van der Waals surface area contributed by atoms with E-state index < -0.39 is 5.54 Å². The summed E-state index contributed by atoms with van der Waals surface area (Å²) < 4.78 is 0. The molecule has 0 unspecified atom stereocenters. The van der Waals surface area contributed by atoms with Gasteiger partial charge in [0.25, 0.3) is 5.91 Å². The summed E-state index contributed by atoms with van der Waals surface area (Å²) in [6, 6.07) is 4.91. The number of aromatic nitrogens is 1. The van der Waals surface area contributed by atoms with Gasteiger partial charge >= 0.3 is 0 Å². The molecule has 0 atom stereocenters. The number of nitrogen functional groups attached to an aromatic ring is 1. The van der Waals surface area contributed by atoms with Gasteiger partial charge < -0.3 is 15.5 Å². The van der Waals surface area contributed by atoms with Crippen LogP contribution in [0.3, 0.4) is 0 Å². The van der Waals surface area contributed by atoms with Crippen LogP contribution in [-0.4, -0.2) is 52.3 Å². The molecule has 1 aromatic rings. The second kappa shape index (κ2) is 4.53. The Hall–Kier alpha value is -2.11. The van der Waals surface area contributed by atoms with Gasteiger partial charge in [0.2, 0.25) is 5.91 Å². The summed E-state index contributed by atoms with van der Waals surface area (Å²) in [5.74, 6) is -0.0427. The molecule has 6 nitrogen and oxygen atoms in total. The highest BCUT2D eigenvalue weighted by Gasteiger charge is 2.43. The van der Waals surface area contributed by atoms with Crippen molar-refractivity contribution in [1.82, 2.24) is 14.8 Å². The third kappa shape index (κ3) is 2.25. The molecule has 102 valence electrons.